The van der Waals surface area contributed by atoms with E-state index in [0.29, 0.717) is 31.6 Å². The topological polar surface area (TPSA) is 101 Å². The second kappa shape index (κ2) is 9.55. The van der Waals surface area contributed by atoms with Crippen molar-refractivity contribution in [1.29, 1.82) is 0 Å². The van der Waals surface area contributed by atoms with Crippen LogP contribution in [0.2, 0.25) is 0 Å². The maximum atomic E-state index is 13.3. The highest BCUT2D eigenvalue weighted by atomic mass is 19.1. The molecule has 7 nitrogen and oxygen atoms in total. The van der Waals surface area contributed by atoms with Crippen molar-refractivity contribution < 1.29 is 14.6 Å². The highest BCUT2D eigenvalue weighted by Crippen LogP contribution is 2.26. The molecule has 0 aromatic heterocycles. The number of nitrogens with one attached hydrogen (secondary N) is 5. The third kappa shape index (κ3) is 6.09. The summed E-state index contributed by atoms with van der Waals surface area (Å²) in [5.41, 5.74) is 0. The monoisotopic (exact) mass is 359 g/mol. The molecule has 3 fully saturated rings. The Kier molecular flexibility index (Phi) is 7.41. The zero-order valence-electron chi connectivity index (χ0n) is 14.9. The van der Waals surface area contributed by atoms with Crippen molar-refractivity contribution in [2.75, 3.05) is 26.2 Å². The van der Waals surface area contributed by atoms with Crippen molar-refractivity contribution in [1.82, 2.24) is 26.6 Å². The molecule has 2 aliphatic heterocycles. The van der Waals surface area contributed by atoms with Crippen LogP contribution in [0.15, 0.2) is 0 Å². The lowest BCUT2D eigenvalue weighted by Gasteiger charge is -2.40. The van der Waals surface area contributed by atoms with Crippen LogP contribution in [0, 0.1) is 11.8 Å². The second-order valence-corrected chi connectivity index (χ2v) is 7.82. The summed E-state index contributed by atoms with van der Waals surface area (Å²) in [6.07, 6.45) is 2.92. The first-order valence-electron chi connectivity index (χ1n) is 9.80. The lowest BCUT2D eigenvalue weighted by atomic mass is 9.87. The molecule has 0 spiro atoms. The summed E-state index contributed by atoms with van der Waals surface area (Å²) in [7, 11) is 0. The molecule has 8 heteroatoms. The van der Waals surface area contributed by atoms with Gasteiger partial charge in [0.05, 0.1) is 18.5 Å². The number of halogens is 1. The maximum Gasteiger partial charge on any atom is 0.154 e. The van der Waals surface area contributed by atoms with E-state index < -0.39 is 12.5 Å². The van der Waals surface area contributed by atoms with Crippen LogP contribution >= 0.6 is 0 Å². The highest BCUT2D eigenvalue weighted by Gasteiger charge is 2.33. The molecule has 0 aromatic rings. The Bertz CT molecular complexity index is 389. The molecule has 3 aliphatic rings. The first-order valence-corrected chi connectivity index (χ1v) is 9.80. The minimum Gasteiger partial charge on any atom is -0.368 e. The Labute approximate surface area is 149 Å². The maximum absolute atomic E-state index is 13.3. The van der Waals surface area contributed by atoms with Crippen LogP contribution in [-0.4, -0.2) is 67.4 Å². The minimum absolute atomic E-state index is 0.0250. The van der Waals surface area contributed by atoms with Crippen molar-refractivity contribution in [3.8, 4) is 0 Å². The molecule has 1 aliphatic carbocycles. The van der Waals surface area contributed by atoms with Crippen LogP contribution in [0.25, 0.3) is 0 Å². The number of rotatable bonds is 6. The Morgan fingerprint density at radius 2 is 1.76 bits per heavy atom. The van der Waals surface area contributed by atoms with Gasteiger partial charge in [0, 0.05) is 25.6 Å². The molecule has 4 atom stereocenters. The normalized spacial score (nSPS) is 40.3. The number of alkyl halides is 1. The van der Waals surface area contributed by atoms with E-state index in [9.17, 15) is 14.6 Å². The summed E-state index contributed by atoms with van der Waals surface area (Å²) in [4.78, 5) is 0. The van der Waals surface area contributed by atoms with Gasteiger partial charge >= 0.3 is 0 Å². The number of hydrogen-bond donors (Lipinski definition) is 7. The predicted octanol–water partition coefficient (Wildman–Crippen LogP) is -0.825. The fourth-order valence-corrected chi connectivity index (χ4v) is 4.23. The van der Waals surface area contributed by atoms with Gasteiger partial charge in [-0.25, -0.2) is 4.39 Å². The molecule has 0 radical (unpaired) electrons. The zero-order valence-corrected chi connectivity index (χ0v) is 14.9. The minimum atomic E-state index is -1.30. The lowest BCUT2D eigenvalue weighted by Crippen LogP contribution is -2.65. The van der Waals surface area contributed by atoms with Crippen molar-refractivity contribution in [3.05, 3.63) is 0 Å². The van der Waals surface area contributed by atoms with Crippen molar-refractivity contribution in [2.45, 2.75) is 69.5 Å². The SMILES string of the molecule is OC(O)C1CC(NCC2CCC(F)CC2)NC(NC2CNCCN2)C1. The van der Waals surface area contributed by atoms with Crippen molar-refractivity contribution in [2.24, 2.45) is 11.8 Å². The van der Waals surface area contributed by atoms with Crippen LogP contribution < -0.4 is 26.6 Å². The summed E-state index contributed by atoms with van der Waals surface area (Å²) in [5.74, 6) is 0.359. The highest BCUT2D eigenvalue weighted by molar-refractivity contribution is 4.87. The zero-order chi connectivity index (χ0) is 17.6. The third-order valence-electron chi connectivity index (χ3n) is 5.77. The van der Waals surface area contributed by atoms with Gasteiger partial charge < -0.3 is 20.8 Å². The van der Waals surface area contributed by atoms with Crippen LogP contribution in [0.4, 0.5) is 4.39 Å². The molecule has 1 saturated carbocycles. The molecule has 25 heavy (non-hydrogen) atoms. The largest absolute Gasteiger partial charge is 0.368 e. The van der Waals surface area contributed by atoms with Gasteiger partial charge in [0.25, 0.3) is 0 Å². The van der Waals surface area contributed by atoms with Crippen LogP contribution in [0.3, 0.4) is 0 Å². The molecule has 7 N–H and O–H groups in total. The van der Waals surface area contributed by atoms with E-state index in [1.165, 1.54) is 0 Å². The molecule has 4 unspecified atom stereocenters. The van der Waals surface area contributed by atoms with Gasteiger partial charge in [0.15, 0.2) is 6.29 Å². The van der Waals surface area contributed by atoms with E-state index in [0.717, 1.165) is 39.0 Å². The number of hydrogen-bond acceptors (Lipinski definition) is 7. The van der Waals surface area contributed by atoms with Gasteiger partial charge in [-0.2, -0.15) is 0 Å². The smallest absolute Gasteiger partial charge is 0.154 e. The average molecular weight is 359 g/mol. The molecular formula is C17H34FN5O2. The second-order valence-electron chi connectivity index (χ2n) is 7.82. The lowest BCUT2D eigenvalue weighted by molar-refractivity contribution is -0.102. The summed E-state index contributed by atoms with van der Waals surface area (Å²) in [6.45, 7) is 3.61. The Hall–Kier alpha value is -0.350. The van der Waals surface area contributed by atoms with Crippen molar-refractivity contribution in [3.63, 3.8) is 0 Å². The number of piperidine rings is 1. The standard InChI is InChI=1S/C17H34FN5O2/c18-13-3-1-11(2-4-13)9-21-14-7-12(17(24)25)8-15(22-14)23-16-10-19-5-6-20-16/h11-17,19-25H,1-10H2. The summed E-state index contributed by atoms with van der Waals surface area (Å²) >= 11 is 0. The first kappa shape index (κ1) is 19.4. The Morgan fingerprint density at radius 1 is 1.00 bits per heavy atom. The third-order valence-corrected chi connectivity index (χ3v) is 5.77. The average Bonchev–Trinajstić information content (AvgIpc) is 2.62. The van der Waals surface area contributed by atoms with E-state index in [1.807, 2.05) is 0 Å². The van der Waals surface area contributed by atoms with Gasteiger partial charge in [0.1, 0.15) is 6.17 Å². The van der Waals surface area contributed by atoms with Crippen LogP contribution in [0.1, 0.15) is 38.5 Å². The molecule has 3 rings (SSSR count). The van der Waals surface area contributed by atoms with Crippen LogP contribution in [-0.2, 0) is 0 Å². The summed E-state index contributed by atoms with van der Waals surface area (Å²) < 4.78 is 13.3. The first-order chi connectivity index (χ1) is 12.1. The summed E-state index contributed by atoms with van der Waals surface area (Å²) in [5, 5.41) is 36.7. The predicted molar refractivity (Wildman–Crippen MR) is 94.3 cm³/mol. The Morgan fingerprint density at radius 3 is 2.44 bits per heavy atom. The molecular weight excluding hydrogens is 325 g/mol. The molecule has 2 saturated heterocycles. The van der Waals surface area contributed by atoms with E-state index >= 15 is 0 Å². The number of aliphatic hydroxyl groups is 2. The van der Waals surface area contributed by atoms with E-state index in [4.69, 9.17) is 0 Å². The molecule has 0 aromatic carbocycles. The Balaban J connectivity index is 1.47. The van der Waals surface area contributed by atoms with E-state index in [1.54, 1.807) is 0 Å². The molecule has 146 valence electrons. The molecule has 0 bridgehead atoms. The quantitative estimate of drug-likeness (QED) is 0.311. The van der Waals surface area contributed by atoms with Gasteiger partial charge in [-0.3, -0.25) is 16.0 Å². The van der Waals surface area contributed by atoms with E-state index in [2.05, 4.69) is 26.6 Å². The summed E-state index contributed by atoms with van der Waals surface area (Å²) in [6, 6.07) is 0. The van der Waals surface area contributed by atoms with Gasteiger partial charge in [-0.15, -0.1) is 0 Å². The fraction of sp³-hybridized carbons (Fsp3) is 1.00. The molecule has 2 heterocycles. The molecule has 0 amide bonds. The number of piperazine rings is 1. The van der Waals surface area contributed by atoms with Crippen molar-refractivity contribution >= 4 is 0 Å². The van der Waals surface area contributed by atoms with Gasteiger partial charge in [-0.1, -0.05) is 0 Å². The number of aliphatic hydroxyl groups excluding tert-OH is 1. The fourth-order valence-electron chi connectivity index (χ4n) is 4.23. The van der Waals surface area contributed by atoms with Gasteiger partial charge in [-0.05, 0) is 51.0 Å². The van der Waals surface area contributed by atoms with Gasteiger partial charge in [0.2, 0.25) is 0 Å². The van der Waals surface area contributed by atoms with Crippen LogP contribution in [0.5, 0.6) is 0 Å². The van der Waals surface area contributed by atoms with E-state index in [-0.39, 0.29) is 24.4 Å².